The first-order valence-electron chi connectivity index (χ1n) is 15.4. The second-order valence-electron chi connectivity index (χ2n) is 10.6. The Morgan fingerprint density at radius 2 is 1.18 bits per heavy atom. The molecule has 0 heterocycles. The van der Waals surface area contributed by atoms with Gasteiger partial charge < -0.3 is 14.0 Å². The van der Waals surface area contributed by atoms with E-state index < -0.39 is 12.2 Å². The van der Waals surface area contributed by atoms with Crippen LogP contribution in [-0.2, 0) is 30.0 Å². The van der Waals surface area contributed by atoms with Crippen molar-refractivity contribution in [3.05, 3.63) is 35.9 Å². The van der Waals surface area contributed by atoms with E-state index in [4.69, 9.17) is 36.5 Å². The Labute approximate surface area is 248 Å². The second kappa shape index (κ2) is 25.2. The minimum atomic E-state index is -3.69. The van der Waals surface area contributed by atoms with Gasteiger partial charge in [-0.1, -0.05) is 146 Å². The maximum absolute atomic E-state index is 12.2. The van der Waals surface area contributed by atoms with Crippen molar-refractivity contribution in [1.29, 1.82) is 0 Å². The molecule has 0 bridgehead atoms. The number of hydrogen-bond acceptors (Lipinski definition) is 5. The highest BCUT2D eigenvalue weighted by molar-refractivity contribution is 8.05. The number of carbonyl (C=O) groups excluding carboxylic acids is 1. The topological polar surface area (TPSA) is 61.8 Å². The zero-order chi connectivity index (χ0) is 28.4. The summed E-state index contributed by atoms with van der Waals surface area (Å²) >= 11 is 11.0. The number of hydrogen-bond donors (Lipinski definition) is 0. The summed E-state index contributed by atoms with van der Waals surface area (Å²) in [7, 11) is 0. The molecule has 0 saturated carbocycles. The summed E-state index contributed by atoms with van der Waals surface area (Å²) in [5, 5.41) is 0. The van der Waals surface area contributed by atoms with E-state index in [0.717, 1.165) is 24.8 Å². The summed E-state index contributed by atoms with van der Waals surface area (Å²) in [6.07, 6.45) is 19.7. The van der Waals surface area contributed by atoms with Crippen LogP contribution in [0.15, 0.2) is 30.3 Å². The SMILES string of the molecule is CCCCCCCCCCCCCCCCCCCCC(=O)OCC(COP(=O)(Cl)Cl)OCc1ccccc1. The molecule has 1 rings (SSSR count). The predicted molar refractivity (Wildman–Crippen MR) is 165 cm³/mol. The average Bonchev–Trinajstić information content (AvgIpc) is 2.92. The third-order valence-electron chi connectivity index (χ3n) is 6.90. The number of benzene rings is 1. The van der Waals surface area contributed by atoms with Gasteiger partial charge in [0, 0.05) is 6.42 Å². The average molecular weight is 608 g/mol. The van der Waals surface area contributed by atoms with Gasteiger partial charge in [-0.25, -0.2) is 0 Å². The monoisotopic (exact) mass is 606 g/mol. The molecule has 1 atom stereocenters. The van der Waals surface area contributed by atoms with Gasteiger partial charge in [-0.2, -0.15) is 0 Å². The van der Waals surface area contributed by atoms with Gasteiger partial charge in [0.2, 0.25) is 0 Å². The van der Waals surface area contributed by atoms with Crippen LogP contribution >= 0.6 is 28.6 Å². The van der Waals surface area contributed by atoms with E-state index in [2.05, 4.69) is 6.92 Å². The third kappa shape index (κ3) is 24.9. The Balaban J connectivity index is 1.98. The van der Waals surface area contributed by atoms with E-state index in [1.54, 1.807) is 0 Å². The van der Waals surface area contributed by atoms with Gasteiger partial charge >= 0.3 is 12.0 Å². The Bertz CT molecular complexity index is 744. The molecule has 0 spiro atoms. The lowest BCUT2D eigenvalue weighted by atomic mass is 10.0. The summed E-state index contributed by atoms with van der Waals surface area (Å²) < 4.78 is 27.6. The van der Waals surface area contributed by atoms with Gasteiger partial charge in [0.25, 0.3) is 0 Å². The summed E-state index contributed by atoms with van der Waals surface area (Å²) in [5.41, 5.74) is 0.965. The van der Waals surface area contributed by atoms with Gasteiger partial charge in [0.05, 0.1) is 13.2 Å². The van der Waals surface area contributed by atoms with Gasteiger partial charge in [-0.15, -0.1) is 0 Å². The van der Waals surface area contributed by atoms with Crippen molar-refractivity contribution in [2.45, 2.75) is 142 Å². The molecule has 226 valence electrons. The highest BCUT2D eigenvalue weighted by Crippen LogP contribution is 2.57. The first-order valence-corrected chi connectivity index (χ1v) is 18.8. The molecule has 1 aromatic rings. The molecule has 8 heteroatoms. The molecule has 1 aromatic carbocycles. The Morgan fingerprint density at radius 1 is 0.718 bits per heavy atom. The fraction of sp³-hybridized carbons (Fsp3) is 0.774. The number of halogens is 2. The molecular formula is C31H53Cl2O5P. The van der Waals surface area contributed by atoms with Crippen molar-refractivity contribution < 1.29 is 23.4 Å². The van der Waals surface area contributed by atoms with Gasteiger partial charge in [0.1, 0.15) is 12.7 Å². The second-order valence-corrected chi connectivity index (χ2v) is 14.8. The van der Waals surface area contributed by atoms with Crippen molar-refractivity contribution in [2.75, 3.05) is 13.2 Å². The first-order chi connectivity index (χ1) is 18.9. The van der Waals surface area contributed by atoms with Crippen LogP contribution in [-0.4, -0.2) is 25.3 Å². The smallest absolute Gasteiger partial charge is 0.380 e. The fourth-order valence-electron chi connectivity index (χ4n) is 4.53. The fourth-order valence-corrected chi connectivity index (χ4v) is 5.21. The number of ether oxygens (including phenoxy) is 2. The van der Waals surface area contributed by atoms with E-state index in [1.807, 2.05) is 30.3 Å². The normalized spacial score (nSPS) is 12.5. The summed E-state index contributed by atoms with van der Waals surface area (Å²) in [5.74, 6) is -0.264. The van der Waals surface area contributed by atoms with Crippen molar-refractivity contribution >= 4 is 34.5 Å². The van der Waals surface area contributed by atoms with Crippen LogP contribution in [0.3, 0.4) is 0 Å². The molecular weight excluding hydrogens is 554 g/mol. The predicted octanol–water partition coefficient (Wildman–Crippen LogP) is 11.1. The molecule has 39 heavy (non-hydrogen) atoms. The lowest BCUT2D eigenvalue weighted by Crippen LogP contribution is -2.26. The maximum Gasteiger partial charge on any atom is 0.380 e. The molecule has 1 unspecified atom stereocenters. The maximum atomic E-state index is 12.2. The standard InChI is InChI=1S/C31H53Cl2O5P/c1-2-3-4-5-6-7-8-9-10-11-12-13-14-15-16-17-18-22-25-31(34)37-27-30(28-38-39(32,33)35)36-26-29-23-20-19-21-24-29/h19-21,23-24,30H,2-18,22,25-28H2,1H3. The first kappa shape index (κ1) is 36.4. The number of unbranched alkanes of at least 4 members (excludes halogenated alkanes) is 17. The van der Waals surface area contributed by atoms with E-state index in [0.29, 0.717) is 13.0 Å². The molecule has 5 nitrogen and oxygen atoms in total. The quantitative estimate of drug-likeness (QED) is 0.0566. The van der Waals surface area contributed by atoms with Gasteiger partial charge in [0.15, 0.2) is 0 Å². The number of rotatable bonds is 27. The molecule has 0 fully saturated rings. The van der Waals surface area contributed by atoms with E-state index >= 15 is 0 Å². The van der Waals surface area contributed by atoms with E-state index in [1.165, 1.54) is 96.3 Å². The Morgan fingerprint density at radius 3 is 1.64 bits per heavy atom. The zero-order valence-electron chi connectivity index (χ0n) is 24.3. The Kier molecular flexibility index (Phi) is 23.5. The van der Waals surface area contributed by atoms with Crippen LogP contribution in [0.25, 0.3) is 0 Å². The molecule has 0 aliphatic carbocycles. The summed E-state index contributed by atoms with van der Waals surface area (Å²) in [6.45, 7) is 2.46. The van der Waals surface area contributed by atoms with Crippen LogP contribution in [0.1, 0.15) is 134 Å². The minimum absolute atomic E-state index is 0.00150. The van der Waals surface area contributed by atoms with Crippen molar-refractivity contribution in [3.8, 4) is 0 Å². The van der Waals surface area contributed by atoms with Crippen LogP contribution in [0, 0.1) is 0 Å². The molecule has 0 radical (unpaired) electrons. The van der Waals surface area contributed by atoms with Crippen molar-refractivity contribution in [3.63, 3.8) is 0 Å². The largest absolute Gasteiger partial charge is 0.463 e. The molecule has 0 N–H and O–H groups in total. The minimum Gasteiger partial charge on any atom is -0.463 e. The highest BCUT2D eigenvalue weighted by Gasteiger charge is 2.20. The lowest BCUT2D eigenvalue weighted by Gasteiger charge is -2.18. The molecule has 0 amide bonds. The third-order valence-corrected chi connectivity index (χ3v) is 7.94. The Hall–Kier alpha value is -0.580. The van der Waals surface area contributed by atoms with Crippen LogP contribution in [0.2, 0.25) is 0 Å². The summed E-state index contributed by atoms with van der Waals surface area (Å²) in [6, 6.07) is 9.60. The van der Waals surface area contributed by atoms with Crippen LogP contribution in [0.4, 0.5) is 0 Å². The highest BCUT2D eigenvalue weighted by atomic mass is 35.9. The zero-order valence-corrected chi connectivity index (χ0v) is 26.7. The van der Waals surface area contributed by atoms with Crippen LogP contribution in [0.5, 0.6) is 0 Å². The molecule has 0 saturated heterocycles. The van der Waals surface area contributed by atoms with Crippen LogP contribution < -0.4 is 0 Å². The molecule has 0 aromatic heterocycles. The van der Waals surface area contributed by atoms with E-state index in [9.17, 15) is 9.36 Å². The number of carbonyl (C=O) groups is 1. The number of esters is 1. The van der Waals surface area contributed by atoms with E-state index in [-0.39, 0.29) is 19.2 Å². The summed E-state index contributed by atoms with van der Waals surface area (Å²) in [4.78, 5) is 12.2. The van der Waals surface area contributed by atoms with Crippen molar-refractivity contribution in [1.82, 2.24) is 0 Å². The van der Waals surface area contributed by atoms with Crippen molar-refractivity contribution in [2.24, 2.45) is 0 Å². The molecule has 0 aliphatic heterocycles. The molecule has 0 aliphatic rings. The lowest BCUT2D eigenvalue weighted by molar-refractivity contribution is -0.149. The van der Waals surface area contributed by atoms with Gasteiger partial charge in [-0.3, -0.25) is 9.36 Å². The van der Waals surface area contributed by atoms with Gasteiger partial charge in [-0.05, 0) is 34.5 Å².